The topological polar surface area (TPSA) is 42.0 Å². The van der Waals surface area contributed by atoms with Gasteiger partial charge in [0.15, 0.2) is 0 Å². The van der Waals surface area contributed by atoms with Gasteiger partial charge in [-0.1, -0.05) is 26.8 Å². The van der Waals surface area contributed by atoms with Gasteiger partial charge in [-0.15, -0.1) is 0 Å². The highest BCUT2D eigenvalue weighted by molar-refractivity contribution is 5.75. The Morgan fingerprint density at radius 1 is 1.28 bits per heavy atom. The van der Waals surface area contributed by atoms with E-state index in [2.05, 4.69) is 37.1 Å². The Labute approximate surface area is 110 Å². The average molecular weight is 248 g/mol. The molecular formula is C15H24N2O. The number of rotatable bonds is 5. The van der Waals surface area contributed by atoms with Crippen LogP contribution in [-0.2, 0) is 17.6 Å². The summed E-state index contributed by atoms with van der Waals surface area (Å²) in [6, 6.07) is 6.08. The van der Waals surface area contributed by atoms with Crippen molar-refractivity contribution in [3.63, 3.8) is 0 Å². The van der Waals surface area contributed by atoms with E-state index in [1.54, 1.807) is 0 Å². The third-order valence-electron chi connectivity index (χ3n) is 2.56. The standard InChI is InChI=1S/C15H24N2O/c1-5-16-14(18)10-9-12-7-6-8-13(17-12)11-15(2,3)4/h6-8H,5,9-11H2,1-4H3,(H,16,18). The molecule has 0 fully saturated rings. The molecule has 0 saturated heterocycles. The van der Waals surface area contributed by atoms with Crippen LogP contribution >= 0.6 is 0 Å². The second kappa shape index (κ2) is 6.53. The second-order valence-corrected chi connectivity index (χ2v) is 5.81. The molecule has 1 aromatic rings. The summed E-state index contributed by atoms with van der Waals surface area (Å²) >= 11 is 0. The number of pyridine rings is 1. The van der Waals surface area contributed by atoms with E-state index < -0.39 is 0 Å². The Morgan fingerprint density at radius 3 is 2.56 bits per heavy atom. The van der Waals surface area contributed by atoms with E-state index in [-0.39, 0.29) is 11.3 Å². The van der Waals surface area contributed by atoms with Crippen molar-refractivity contribution in [1.82, 2.24) is 10.3 Å². The van der Waals surface area contributed by atoms with E-state index in [0.29, 0.717) is 19.4 Å². The maximum absolute atomic E-state index is 11.4. The molecule has 0 spiro atoms. The van der Waals surface area contributed by atoms with Gasteiger partial charge in [-0.3, -0.25) is 9.78 Å². The molecule has 100 valence electrons. The molecule has 1 N–H and O–H groups in total. The van der Waals surface area contributed by atoms with Gasteiger partial charge in [0.1, 0.15) is 0 Å². The predicted molar refractivity (Wildman–Crippen MR) is 74.4 cm³/mol. The van der Waals surface area contributed by atoms with E-state index >= 15 is 0 Å². The Kier molecular flexibility index (Phi) is 5.32. The predicted octanol–water partition coefficient (Wildman–Crippen LogP) is 2.74. The molecule has 1 rings (SSSR count). The van der Waals surface area contributed by atoms with E-state index in [4.69, 9.17) is 0 Å². The van der Waals surface area contributed by atoms with Crippen molar-refractivity contribution in [3.05, 3.63) is 29.6 Å². The fourth-order valence-electron chi connectivity index (χ4n) is 1.84. The molecule has 3 nitrogen and oxygen atoms in total. The zero-order valence-corrected chi connectivity index (χ0v) is 11.9. The van der Waals surface area contributed by atoms with E-state index in [0.717, 1.165) is 17.8 Å². The number of aromatic nitrogens is 1. The van der Waals surface area contributed by atoms with Crippen molar-refractivity contribution in [3.8, 4) is 0 Å². The molecule has 1 heterocycles. The summed E-state index contributed by atoms with van der Waals surface area (Å²) in [7, 11) is 0. The van der Waals surface area contributed by atoms with Crippen LogP contribution in [0.5, 0.6) is 0 Å². The summed E-state index contributed by atoms with van der Waals surface area (Å²) in [5.41, 5.74) is 2.35. The molecule has 0 unspecified atom stereocenters. The van der Waals surface area contributed by atoms with Crippen molar-refractivity contribution in [2.45, 2.75) is 47.0 Å². The summed E-state index contributed by atoms with van der Waals surface area (Å²) in [6.45, 7) is 9.23. The first-order chi connectivity index (χ1) is 8.40. The van der Waals surface area contributed by atoms with Gasteiger partial charge < -0.3 is 5.32 Å². The minimum Gasteiger partial charge on any atom is -0.356 e. The van der Waals surface area contributed by atoms with Gasteiger partial charge in [0, 0.05) is 24.4 Å². The summed E-state index contributed by atoms with van der Waals surface area (Å²) < 4.78 is 0. The van der Waals surface area contributed by atoms with Crippen LogP contribution in [0.4, 0.5) is 0 Å². The monoisotopic (exact) mass is 248 g/mol. The van der Waals surface area contributed by atoms with Crippen molar-refractivity contribution >= 4 is 5.91 Å². The molecule has 0 aliphatic rings. The second-order valence-electron chi connectivity index (χ2n) is 5.81. The fourth-order valence-corrected chi connectivity index (χ4v) is 1.84. The number of hydrogen-bond acceptors (Lipinski definition) is 2. The summed E-state index contributed by atoms with van der Waals surface area (Å²) in [5, 5.41) is 2.80. The summed E-state index contributed by atoms with van der Waals surface area (Å²) in [6.07, 6.45) is 2.19. The highest BCUT2D eigenvalue weighted by Crippen LogP contribution is 2.19. The number of amides is 1. The van der Waals surface area contributed by atoms with Crippen molar-refractivity contribution in [2.24, 2.45) is 5.41 Å². The average Bonchev–Trinajstić information content (AvgIpc) is 2.25. The van der Waals surface area contributed by atoms with Gasteiger partial charge in [0.05, 0.1) is 0 Å². The van der Waals surface area contributed by atoms with Crippen LogP contribution in [0.2, 0.25) is 0 Å². The lowest BCUT2D eigenvalue weighted by atomic mass is 9.90. The Balaban J connectivity index is 2.57. The molecular weight excluding hydrogens is 224 g/mol. The normalized spacial score (nSPS) is 11.3. The van der Waals surface area contributed by atoms with Crippen LogP contribution in [0.25, 0.3) is 0 Å². The maximum Gasteiger partial charge on any atom is 0.220 e. The summed E-state index contributed by atoms with van der Waals surface area (Å²) in [4.78, 5) is 16.0. The van der Waals surface area contributed by atoms with E-state index in [1.165, 1.54) is 0 Å². The number of hydrogen-bond donors (Lipinski definition) is 1. The molecule has 0 saturated carbocycles. The van der Waals surface area contributed by atoms with Gasteiger partial charge in [-0.2, -0.15) is 0 Å². The molecule has 1 amide bonds. The maximum atomic E-state index is 11.4. The first-order valence-electron chi connectivity index (χ1n) is 6.62. The van der Waals surface area contributed by atoms with Crippen LogP contribution in [0.1, 0.15) is 45.5 Å². The molecule has 18 heavy (non-hydrogen) atoms. The molecule has 1 aromatic heterocycles. The van der Waals surface area contributed by atoms with Crippen LogP contribution < -0.4 is 5.32 Å². The Hall–Kier alpha value is -1.38. The lowest BCUT2D eigenvalue weighted by Crippen LogP contribution is -2.23. The SMILES string of the molecule is CCNC(=O)CCc1cccc(CC(C)(C)C)n1. The van der Waals surface area contributed by atoms with Gasteiger partial charge >= 0.3 is 0 Å². The van der Waals surface area contributed by atoms with Crippen molar-refractivity contribution in [1.29, 1.82) is 0 Å². The van der Waals surface area contributed by atoms with E-state index in [9.17, 15) is 4.79 Å². The third kappa shape index (κ3) is 5.80. The van der Waals surface area contributed by atoms with Crippen molar-refractivity contribution in [2.75, 3.05) is 6.54 Å². The third-order valence-corrected chi connectivity index (χ3v) is 2.56. The van der Waals surface area contributed by atoms with Crippen LogP contribution in [0.3, 0.4) is 0 Å². The number of carbonyl (C=O) groups excluding carboxylic acids is 1. The number of nitrogens with zero attached hydrogens (tertiary/aromatic N) is 1. The van der Waals surface area contributed by atoms with Gasteiger partial charge in [0.2, 0.25) is 5.91 Å². The van der Waals surface area contributed by atoms with Gasteiger partial charge in [-0.25, -0.2) is 0 Å². The van der Waals surface area contributed by atoms with Gasteiger partial charge in [0.25, 0.3) is 0 Å². The summed E-state index contributed by atoms with van der Waals surface area (Å²) in [5.74, 6) is 0.0977. The first-order valence-corrected chi connectivity index (χ1v) is 6.62. The number of aryl methyl sites for hydroxylation is 1. The molecule has 3 heteroatoms. The highest BCUT2D eigenvalue weighted by atomic mass is 16.1. The molecule has 0 bridgehead atoms. The molecule has 0 aliphatic carbocycles. The Morgan fingerprint density at radius 2 is 1.94 bits per heavy atom. The quantitative estimate of drug-likeness (QED) is 0.870. The van der Waals surface area contributed by atoms with Crippen LogP contribution in [0.15, 0.2) is 18.2 Å². The zero-order valence-electron chi connectivity index (χ0n) is 11.9. The smallest absolute Gasteiger partial charge is 0.220 e. The largest absolute Gasteiger partial charge is 0.356 e. The lowest BCUT2D eigenvalue weighted by Gasteiger charge is -2.17. The van der Waals surface area contributed by atoms with Crippen LogP contribution in [0, 0.1) is 5.41 Å². The molecule has 0 atom stereocenters. The first kappa shape index (κ1) is 14.7. The minimum absolute atomic E-state index is 0.0977. The molecule has 0 aliphatic heterocycles. The highest BCUT2D eigenvalue weighted by Gasteiger charge is 2.12. The van der Waals surface area contributed by atoms with E-state index in [1.807, 2.05) is 19.1 Å². The fraction of sp³-hybridized carbons (Fsp3) is 0.600. The minimum atomic E-state index is 0.0977. The number of carbonyl (C=O) groups is 1. The van der Waals surface area contributed by atoms with Gasteiger partial charge in [-0.05, 0) is 37.3 Å². The molecule has 0 radical (unpaired) electrons. The number of nitrogens with one attached hydrogen (secondary N) is 1. The Bertz CT molecular complexity index is 394. The van der Waals surface area contributed by atoms with Crippen molar-refractivity contribution < 1.29 is 4.79 Å². The molecule has 0 aromatic carbocycles. The van der Waals surface area contributed by atoms with Crippen LogP contribution in [-0.4, -0.2) is 17.4 Å². The lowest BCUT2D eigenvalue weighted by molar-refractivity contribution is -0.120. The zero-order chi connectivity index (χ0) is 13.6.